The van der Waals surface area contributed by atoms with Crippen LogP contribution in [-0.4, -0.2) is 27.4 Å². The molecule has 160 valence electrons. The number of benzene rings is 2. The first-order valence-corrected chi connectivity index (χ1v) is 11.4. The van der Waals surface area contributed by atoms with E-state index in [1.165, 1.54) is 0 Å². The van der Waals surface area contributed by atoms with E-state index in [0.717, 1.165) is 59.6 Å². The minimum absolute atomic E-state index is 0.148. The second-order valence-corrected chi connectivity index (χ2v) is 8.62. The first-order chi connectivity index (χ1) is 15.1. The molecule has 31 heavy (non-hydrogen) atoms. The van der Waals surface area contributed by atoms with Gasteiger partial charge in [-0.25, -0.2) is 0 Å². The molecule has 0 bridgehead atoms. The standard InChI is InChI=1S/C24H26N4O2S/c1-16-9-8-10-17(2)21(16)28(24(30)20-15-31-27-26-20)22(18-11-4-3-5-12-18)23(29)25-19-13-6-7-14-19/h3-5,8-12,15,19,22H,6-7,13-14H2,1-2H3,(H,25,29)/t22-/m0/s1. The number of hydrogen-bond acceptors (Lipinski definition) is 5. The van der Waals surface area contributed by atoms with E-state index < -0.39 is 6.04 Å². The fourth-order valence-corrected chi connectivity index (χ4v) is 4.75. The Hall–Kier alpha value is -3.06. The molecule has 0 aliphatic heterocycles. The van der Waals surface area contributed by atoms with Crippen molar-refractivity contribution in [2.45, 2.75) is 51.6 Å². The molecule has 2 amide bonds. The molecule has 1 aromatic heterocycles. The Kier molecular flexibility index (Phi) is 6.42. The zero-order valence-corrected chi connectivity index (χ0v) is 18.6. The van der Waals surface area contributed by atoms with Crippen molar-refractivity contribution in [1.29, 1.82) is 0 Å². The number of carbonyl (C=O) groups excluding carboxylic acids is 2. The van der Waals surface area contributed by atoms with Crippen LogP contribution in [0.15, 0.2) is 53.9 Å². The largest absolute Gasteiger partial charge is 0.351 e. The fraction of sp³-hybridized carbons (Fsp3) is 0.333. The van der Waals surface area contributed by atoms with Crippen LogP contribution in [0.3, 0.4) is 0 Å². The number of rotatable bonds is 6. The van der Waals surface area contributed by atoms with Gasteiger partial charge >= 0.3 is 0 Å². The molecule has 1 fully saturated rings. The fourth-order valence-electron chi connectivity index (χ4n) is 4.32. The molecule has 7 heteroatoms. The summed E-state index contributed by atoms with van der Waals surface area (Å²) in [6.45, 7) is 3.91. The highest BCUT2D eigenvalue weighted by Gasteiger charge is 2.36. The predicted octanol–water partition coefficient (Wildman–Crippen LogP) is 4.60. The average molecular weight is 435 g/mol. The maximum absolute atomic E-state index is 13.7. The Morgan fingerprint density at radius 2 is 1.71 bits per heavy atom. The lowest BCUT2D eigenvalue weighted by Gasteiger charge is -2.33. The zero-order valence-electron chi connectivity index (χ0n) is 17.7. The first kappa shape index (κ1) is 21.2. The molecule has 6 nitrogen and oxygen atoms in total. The van der Waals surface area contributed by atoms with Crippen molar-refractivity contribution >= 4 is 29.0 Å². The van der Waals surface area contributed by atoms with Crippen molar-refractivity contribution in [2.24, 2.45) is 0 Å². The highest BCUT2D eigenvalue weighted by atomic mass is 32.1. The van der Waals surface area contributed by atoms with Gasteiger partial charge in [0.1, 0.15) is 6.04 Å². The van der Waals surface area contributed by atoms with Crippen LogP contribution < -0.4 is 10.2 Å². The van der Waals surface area contributed by atoms with Crippen LogP contribution >= 0.6 is 11.5 Å². The van der Waals surface area contributed by atoms with Crippen LogP contribution in [0.2, 0.25) is 0 Å². The summed E-state index contributed by atoms with van der Waals surface area (Å²) in [4.78, 5) is 29.0. The highest BCUT2D eigenvalue weighted by molar-refractivity contribution is 7.03. The number of amides is 2. The van der Waals surface area contributed by atoms with Crippen molar-refractivity contribution in [3.8, 4) is 0 Å². The molecule has 0 radical (unpaired) electrons. The van der Waals surface area contributed by atoms with Crippen LogP contribution in [-0.2, 0) is 4.79 Å². The molecule has 1 heterocycles. The van der Waals surface area contributed by atoms with E-state index in [1.807, 2.05) is 62.4 Å². The Morgan fingerprint density at radius 1 is 1.03 bits per heavy atom. The van der Waals surface area contributed by atoms with E-state index in [0.29, 0.717) is 0 Å². The second-order valence-electron chi connectivity index (χ2n) is 8.01. The average Bonchev–Trinajstić information content (AvgIpc) is 3.47. The third-order valence-electron chi connectivity index (χ3n) is 5.80. The van der Waals surface area contributed by atoms with Gasteiger partial charge in [-0.05, 0) is 54.9 Å². The lowest BCUT2D eigenvalue weighted by Crippen LogP contribution is -2.47. The number of nitrogens with zero attached hydrogens (tertiary/aromatic N) is 3. The molecule has 1 atom stereocenters. The van der Waals surface area contributed by atoms with Gasteiger partial charge in [0.15, 0.2) is 5.69 Å². The minimum atomic E-state index is -0.809. The van der Waals surface area contributed by atoms with Crippen LogP contribution in [0, 0.1) is 13.8 Å². The van der Waals surface area contributed by atoms with Gasteiger partial charge in [-0.3, -0.25) is 14.5 Å². The number of para-hydroxylation sites is 1. The number of aryl methyl sites for hydroxylation is 2. The van der Waals surface area contributed by atoms with Crippen LogP contribution in [0.1, 0.15) is 58.9 Å². The van der Waals surface area contributed by atoms with E-state index in [4.69, 9.17) is 0 Å². The number of carbonyl (C=O) groups is 2. The van der Waals surface area contributed by atoms with Crippen molar-refractivity contribution < 1.29 is 9.59 Å². The van der Waals surface area contributed by atoms with Gasteiger partial charge in [-0.1, -0.05) is 65.9 Å². The minimum Gasteiger partial charge on any atom is -0.351 e. The molecule has 1 N–H and O–H groups in total. The lowest BCUT2D eigenvalue weighted by atomic mass is 9.99. The molecular formula is C24H26N4O2S. The van der Waals surface area contributed by atoms with E-state index in [2.05, 4.69) is 14.9 Å². The molecule has 1 saturated carbocycles. The van der Waals surface area contributed by atoms with Gasteiger partial charge in [0.05, 0.1) is 5.69 Å². The second kappa shape index (κ2) is 9.39. The van der Waals surface area contributed by atoms with Crippen molar-refractivity contribution in [3.05, 3.63) is 76.3 Å². The van der Waals surface area contributed by atoms with E-state index in [-0.39, 0.29) is 23.6 Å². The van der Waals surface area contributed by atoms with Crippen molar-refractivity contribution in [3.63, 3.8) is 0 Å². The molecule has 1 aliphatic carbocycles. The highest BCUT2D eigenvalue weighted by Crippen LogP contribution is 2.34. The quantitative estimate of drug-likeness (QED) is 0.615. The molecule has 0 saturated heterocycles. The topological polar surface area (TPSA) is 75.2 Å². The number of nitrogens with one attached hydrogen (secondary N) is 1. The molecule has 0 spiro atoms. The van der Waals surface area contributed by atoms with Gasteiger partial charge in [0.2, 0.25) is 5.91 Å². The first-order valence-electron chi connectivity index (χ1n) is 10.6. The van der Waals surface area contributed by atoms with Crippen molar-refractivity contribution in [2.75, 3.05) is 4.90 Å². The summed E-state index contributed by atoms with van der Waals surface area (Å²) in [5.74, 6) is -0.501. The monoisotopic (exact) mass is 434 g/mol. The summed E-state index contributed by atoms with van der Waals surface area (Å²) in [6, 6.07) is 14.7. The summed E-state index contributed by atoms with van der Waals surface area (Å²) >= 11 is 1.12. The van der Waals surface area contributed by atoms with Crippen LogP contribution in [0.4, 0.5) is 5.69 Å². The van der Waals surface area contributed by atoms with Gasteiger partial charge in [0, 0.05) is 11.4 Å². The summed E-state index contributed by atoms with van der Waals surface area (Å²) in [7, 11) is 0. The third kappa shape index (κ3) is 4.51. The normalized spacial score (nSPS) is 14.9. The number of aromatic nitrogens is 2. The Morgan fingerprint density at radius 3 is 2.32 bits per heavy atom. The maximum Gasteiger partial charge on any atom is 0.280 e. The zero-order chi connectivity index (χ0) is 21.8. The molecule has 1 aliphatic rings. The third-order valence-corrected chi connectivity index (χ3v) is 6.31. The van der Waals surface area contributed by atoms with Gasteiger partial charge in [-0.15, -0.1) is 5.10 Å². The summed E-state index contributed by atoms with van der Waals surface area (Å²) < 4.78 is 3.87. The summed E-state index contributed by atoms with van der Waals surface area (Å²) in [6.07, 6.45) is 4.18. The van der Waals surface area contributed by atoms with Crippen molar-refractivity contribution in [1.82, 2.24) is 14.9 Å². The van der Waals surface area contributed by atoms with Gasteiger partial charge in [-0.2, -0.15) is 0 Å². The Bertz CT molecular complexity index is 1030. The molecule has 3 aromatic rings. The summed E-state index contributed by atoms with van der Waals surface area (Å²) in [5, 5.41) is 8.83. The Labute approximate surface area is 186 Å². The van der Waals surface area contributed by atoms with Gasteiger partial charge < -0.3 is 5.32 Å². The number of hydrogen-bond donors (Lipinski definition) is 1. The molecule has 4 rings (SSSR count). The Balaban J connectivity index is 1.85. The van der Waals surface area contributed by atoms with E-state index in [9.17, 15) is 9.59 Å². The summed E-state index contributed by atoms with van der Waals surface area (Å²) in [5.41, 5.74) is 3.58. The predicted molar refractivity (Wildman–Crippen MR) is 122 cm³/mol. The van der Waals surface area contributed by atoms with E-state index in [1.54, 1.807) is 10.3 Å². The SMILES string of the molecule is Cc1cccc(C)c1N(C(=O)c1csnn1)[C@H](C(=O)NC1CCCC1)c1ccccc1. The van der Waals surface area contributed by atoms with E-state index >= 15 is 0 Å². The maximum atomic E-state index is 13.7. The lowest BCUT2D eigenvalue weighted by molar-refractivity contribution is -0.123. The number of anilines is 1. The molecular weight excluding hydrogens is 408 g/mol. The van der Waals surface area contributed by atoms with Crippen LogP contribution in [0.25, 0.3) is 0 Å². The smallest absolute Gasteiger partial charge is 0.280 e. The molecule has 0 unspecified atom stereocenters. The van der Waals surface area contributed by atoms with Gasteiger partial charge in [0.25, 0.3) is 5.91 Å². The van der Waals surface area contributed by atoms with Crippen LogP contribution in [0.5, 0.6) is 0 Å². The molecule has 2 aromatic carbocycles.